The fraction of sp³-hybridized carbons (Fsp3) is 0.500. The highest BCUT2D eigenvalue weighted by molar-refractivity contribution is 8.00. The van der Waals surface area contributed by atoms with E-state index in [4.69, 9.17) is 17.3 Å². The van der Waals surface area contributed by atoms with Gasteiger partial charge in [0, 0.05) is 9.64 Å². The summed E-state index contributed by atoms with van der Waals surface area (Å²) >= 11 is 8.00. The van der Waals surface area contributed by atoms with Crippen LogP contribution in [0.25, 0.3) is 0 Å². The highest BCUT2D eigenvalue weighted by Crippen LogP contribution is 2.36. The van der Waals surface area contributed by atoms with Gasteiger partial charge in [-0.1, -0.05) is 38.4 Å². The molecule has 0 saturated carbocycles. The Morgan fingerprint density at radius 1 is 1.33 bits per heavy atom. The lowest BCUT2D eigenvalue weighted by atomic mass is 10.1. The van der Waals surface area contributed by atoms with E-state index < -0.39 is 0 Å². The van der Waals surface area contributed by atoms with Crippen molar-refractivity contribution in [2.75, 3.05) is 6.54 Å². The Morgan fingerprint density at radius 2 is 2.00 bits per heavy atom. The lowest BCUT2D eigenvalue weighted by molar-refractivity contribution is 0.802. The molecule has 0 saturated heterocycles. The fourth-order valence-electron chi connectivity index (χ4n) is 1.28. The molecule has 0 heterocycles. The van der Waals surface area contributed by atoms with Gasteiger partial charge in [0.25, 0.3) is 0 Å². The average Bonchev–Trinajstić information content (AvgIpc) is 2.08. The average molecular weight is 244 g/mol. The summed E-state index contributed by atoms with van der Waals surface area (Å²) in [6.45, 7) is 7.22. The van der Waals surface area contributed by atoms with Crippen LogP contribution in [0.4, 0.5) is 0 Å². The SMILES string of the molecule is CC(C)(C)Sc1ccc(CCN)cc1Cl. The van der Waals surface area contributed by atoms with Crippen molar-refractivity contribution in [2.24, 2.45) is 5.73 Å². The fourth-order valence-corrected chi connectivity index (χ4v) is 2.55. The van der Waals surface area contributed by atoms with Gasteiger partial charge in [-0.25, -0.2) is 0 Å². The molecule has 0 aliphatic rings. The molecule has 1 aromatic carbocycles. The lowest BCUT2D eigenvalue weighted by Crippen LogP contribution is -2.07. The van der Waals surface area contributed by atoms with Gasteiger partial charge in [-0.3, -0.25) is 0 Å². The number of benzene rings is 1. The summed E-state index contributed by atoms with van der Waals surface area (Å²) in [5, 5.41) is 0.834. The summed E-state index contributed by atoms with van der Waals surface area (Å²) in [6.07, 6.45) is 0.889. The molecule has 0 aromatic heterocycles. The largest absolute Gasteiger partial charge is 0.330 e. The van der Waals surface area contributed by atoms with E-state index in [9.17, 15) is 0 Å². The third-order valence-corrected chi connectivity index (χ3v) is 3.46. The van der Waals surface area contributed by atoms with Crippen molar-refractivity contribution in [1.82, 2.24) is 0 Å². The van der Waals surface area contributed by atoms with Crippen molar-refractivity contribution < 1.29 is 0 Å². The van der Waals surface area contributed by atoms with Gasteiger partial charge in [0.2, 0.25) is 0 Å². The molecule has 0 aliphatic carbocycles. The molecule has 0 radical (unpaired) electrons. The second-order valence-corrected chi connectivity index (χ2v) is 6.79. The lowest BCUT2D eigenvalue weighted by Gasteiger charge is -2.18. The number of nitrogens with two attached hydrogens (primary N) is 1. The molecule has 0 bridgehead atoms. The Morgan fingerprint density at radius 3 is 2.47 bits per heavy atom. The zero-order chi connectivity index (χ0) is 11.5. The van der Waals surface area contributed by atoms with E-state index in [0.717, 1.165) is 16.3 Å². The Bertz CT molecular complexity index is 331. The van der Waals surface area contributed by atoms with Crippen LogP contribution in [0.1, 0.15) is 26.3 Å². The Hall–Kier alpha value is -0.180. The second kappa shape index (κ2) is 5.24. The summed E-state index contributed by atoms with van der Waals surface area (Å²) in [6, 6.07) is 6.21. The van der Waals surface area contributed by atoms with Crippen LogP contribution in [0.15, 0.2) is 23.1 Å². The smallest absolute Gasteiger partial charge is 0.0544 e. The summed E-state index contributed by atoms with van der Waals surface area (Å²) in [5.41, 5.74) is 6.71. The summed E-state index contributed by atoms with van der Waals surface area (Å²) in [5.74, 6) is 0. The number of thioether (sulfide) groups is 1. The van der Waals surface area contributed by atoms with Gasteiger partial charge in [-0.2, -0.15) is 0 Å². The summed E-state index contributed by atoms with van der Waals surface area (Å²) in [4.78, 5) is 1.14. The Kier molecular flexibility index (Phi) is 4.50. The number of rotatable bonds is 3. The van der Waals surface area contributed by atoms with E-state index >= 15 is 0 Å². The van der Waals surface area contributed by atoms with Crippen LogP contribution < -0.4 is 5.73 Å². The van der Waals surface area contributed by atoms with Crippen molar-refractivity contribution in [3.05, 3.63) is 28.8 Å². The standard InChI is InChI=1S/C12H18ClNS/c1-12(2,3)15-11-5-4-9(6-7-14)8-10(11)13/h4-5,8H,6-7,14H2,1-3H3. The molecule has 0 atom stereocenters. The topological polar surface area (TPSA) is 26.0 Å². The first kappa shape index (κ1) is 12.9. The van der Waals surface area contributed by atoms with Crippen molar-refractivity contribution in [3.8, 4) is 0 Å². The van der Waals surface area contributed by atoms with Crippen LogP contribution in [0.5, 0.6) is 0 Å². The van der Waals surface area contributed by atoms with E-state index in [2.05, 4.69) is 32.9 Å². The van der Waals surface area contributed by atoms with Crippen LogP contribution in [0.3, 0.4) is 0 Å². The third-order valence-electron chi connectivity index (χ3n) is 1.85. The van der Waals surface area contributed by atoms with E-state index in [1.54, 1.807) is 11.8 Å². The van der Waals surface area contributed by atoms with Gasteiger partial charge in [-0.05, 0) is 30.7 Å². The molecule has 0 fully saturated rings. The van der Waals surface area contributed by atoms with Gasteiger partial charge < -0.3 is 5.73 Å². The molecule has 15 heavy (non-hydrogen) atoms. The predicted octanol–water partition coefficient (Wildman–Crippen LogP) is 3.73. The minimum Gasteiger partial charge on any atom is -0.330 e. The van der Waals surface area contributed by atoms with Crippen molar-refractivity contribution in [2.45, 2.75) is 36.8 Å². The molecule has 0 spiro atoms. The normalized spacial score (nSPS) is 11.8. The van der Waals surface area contributed by atoms with E-state index in [1.807, 2.05) is 6.07 Å². The molecule has 0 amide bonds. The number of hydrogen-bond donors (Lipinski definition) is 1. The minimum absolute atomic E-state index is 0.193. The Balaban J connectivity index is 2.84. The van der Waals surface area contributed by atoms with Crippen LogP contribution in [-0.4, -0.2) is 11.3 Å². The maximum absolute atomic E-state index is 6.21. The molecule has 0 unspecified atom stereocenters. The van der Waals surface area contributed by atoms with Crippen molar-refractivity contribution in [3.63, 3.8) is 0 Å². The molecule has 84 valence electrons. The van der Waals surface area contributed by atoms with Crippen LogP contribution in [0.2, 0.25) is 5.02 Å². The van der Waals surface area contributed by atoms with E-state index in [-0.39, 0.29) is 4.75 Å². The van der Waals surface area contributed by atoms with Gasteiger partial charge in [-0.15, -0.1) is 11.8 Å². The van der Waals surface area contributed by atoms with E-state index in [0.29, 0.717) is 6.54 Å². The molecular formula is C12H18ClNS. The maximum atomic E-state index is 6.21. The van der Waals surface area contributed by atoms with Gasteiger partial charge in [0.05, 0.1) is 5.02 Å². The van der Waals surface area contributed by atoms with E-state index in [1.165, 1.54) is 5.56 Å². The third kappa shape index (κ3) is 4.45. The molecule has 1 rings (SSSR count). The number of halogens is 1. The highest BCUT2D eigenvalue weighted by atomic mass is 35.5. The predicted molar refractivity (Wildman–Crippen MR) is 69.8 cm³/mol. The first-order valence-electron chi connectivity index (χ1n) is 5.10. The Labute approximate surface area is 101 Å². The molecule has 0 aliphatic heterocycles. The molecule has 3 heteroatoms. The first-order valence-corrected chi connectivity index (χ1v) is 6.29. The summed E-state index contributed by atoms with van der Waals surface area (Å²) < 4.78 is 0.193. The van der Waals surface area contributed by atoms with Crippen LogP contribution in [0, 0.1) is 0 Å². The molecule has 1 aromatic rings. The highest BCUT2D eigenvalue weighted by Gasteiger charge is 2.14. The second-order valence-electron chi connectivity index (χ2n) is 4.52. The zero-order valence-electron chi connectivity index (χ0n) is 9.51. The molecule has 2 N–H and O–H groups in total. The van der Waals surface area contributed by atoms with Gasteiger partial charge in [0.1, 0.15) is 0 Å². The van der Waals surface area contributed by atoms with Crippen molar-refractivity contribution >= 4 is 23.4 Å². The zero-order valence-corrected chi connectivity index (χ0v) is 11.1. The van der Waals surface area contributed by atoms with Gasteiger partial charge >= 0.3 is 0 Å². The van der Waals surface area contributed by atoms with Gasteiger partial charge in [0.15, 0.2) is 0 Å². The monoisotopic (exact) mass is 243 g/mol. The minimum atomic E-state index is 0.193. The molecular weight excluding hydrogens is 226 g/mol. The van der Waals surface area contributed by atoms with Crippen LogP contribution in [-0.2, 0) is 6.42 Å². The number of hydrogen-bond acceptors (Lipinski definition) is 2. The van der Waals surface area contributed by atoms with Crippen LogP contribution >= 0.6 is 23.4 Å². The molecule has 1 nitrogen and oxygen atoms in total. The maximum Gasteiger partial charge on any atom is 0.0544 e. The summed E-state index contributed by atoms with van der Waals surface area (Å²) in [7, 11) is 0. The quantitative estimate of drug-likeness (QED) is 0.819. The van der Waals surface area contributed by atoms with Crippen molar-refractivity contribution in [1.29, 1.82) is 0 Å². The first-order chi connectivity index (χ1) is 6.92.